The van der Waals surface area contributed by atoms with E-state index in [1.165, 1.54) is 103 Å². The Hall–Kier alpha value is -4.15. The highest BCUT2D eigenvalue weighted by Crippen LogP contribution is 2.73. The molecule has 5 aromatic rings. The van der Waals surface area contributed by atoms with Gasteiger partial charge in [-0.15, -0.1) is 11.8 Å². The molecule has 3 aliphatic heterocycles. The Bertz CT molecular complexity index is 2770. The lowest BCUT2D eigenvalue weighted by atomic mass is 9.26. The number of nitrogens with zero attached hydrogens (tertiary/aromatic N) is 2. The molecule has 65 heavy (non-hydrogen) atoms. The van der Waals surface area contributed by atoms with Crippen LogP contribution in [0, 0.1) is 23.2 Å². The van der Waals surface area contributed by atoms with E-state index in [1.807, 2.05) is 0 Å². The van der Waals surface area contributed by atoms with E-state index >= 15 is 0 Å². The van der Waals surface area contributed by atoms with Crippen LogP contribution in [0.15, 0.2) is 108 Å². The number of allylic oxidation sites excluding steroid dienone is 1. The molecule has 0 N–H and O–H groups in total. The van der Waals surface area contributed by atoms with Gasteiger partial charge in [-0.25, -0.2) is 0 Å². The van der Waals surface area contributed by atoms with E-state index in [-0.39, 0.29) is 44.6 Å². The molecule has 0 saturated heterocycles. The van der Waals surface area contributed by atoms with Crippen molar-refractivity contribution in [3.8, 4) is 11.1 Å². The summed E-state index contributed by atoms with van der Waals surface area (Å²) >= 11 is 2.24. The Morgan fingerprint density at radius 1 is 0.615 bits per heavy atom. The standard InChI is InChI=1S/C61H75BN2S/c1-17-61-52-53(65-54(61)59(13,14)31-32-60(61,15)16)63(42-26-23-40(24-27-42)55(3,4)5)49-33-38(2)34-50-51(49)62(52)46-36-44-45(58(11,12)30-29-57(44,9)10)37-48(46)64(50)47-28-25-41(56(6,7)8)35-43(47)39-21-19-18-20-22-39/h18-28,33-37,54H,17,29-32H2,1-16H3/t54?,61-/m0/s1. The summed E-state index contributed by atoms with van der Waals surface area (Å²) in [6.45, 7) is 39.6. The third-order valence-electron chi connectivity index (χ3n) is 17.5. The number of benzene rings is 5. The van der Waals surface area contributed by atoms with Crippen molar-refractivity contribution in [2.24, 2.45) is 16.2 Å². The number of thioether (sulfide) groups is 1. The summed E-state index contributed by atoms with van der Waals surface area (Å²) in [6, 6.07) is 38.8. The molecular weight excluding hydrogens is 804 g/mol. The summed E-state index contributed by atoms with van der Waals surface area (Å²) < 4.78 is 0. The van der Waals surface area contributed by atoms with Crippen LogP contribution in [0.3, 0.4) is 0 Å². The van der Waals surface area contributed by atoms with Crippen LogP contribution in [0.5, 0.6) is 0 Å². The monoisotopic (exact) mass is 879 g/mol. The number of fused-ring (bicyclic) bond motifs is 6. The molecule has 0 bridgehead atoms. The number of aryl methyl sites for hydroxylation is 1. The zero-order valence-corrected chi connectivity index (χ0v) is 43.5. The van der Waals surface area contributed by atoms with Crippen molar-refractivity contribution >= 4 is 57.8 Å². The van der Waals surface area contributed by atoms with Crippen LogP contribution >= 0.6 is 11.8 Å². The maximum Gasteiger partial charge on any atom is 0.249 e. The number of hydrogen-bond acceptors (Lipinski definition) is 3. The smallest absolute Gasteiger partial charge is 0.249 e. The molecular formula is C61H75BN2S. The maximum atomic E-state index is 2.77. The third kappa shape index (κ3) is 6.55. The fourth-order valence-electron chi connectivity index (χ4n) is 13.4. The Morgan fingerprint density at radius 2 is 1.20 bits per heavy atom. The lowest BCUT2D eigenvalue weighted by molar-refractivity contribution is 0.000968. The van der Waals surface area contributed by atoms with Crippen LogP contribution in [-0.4, -0.2) is 12.0 Å². The molecule has 4 heteroatoms. The number of hydrogen-bond donors (Lipinski definition) is 0. The fourth-order valence-corrected chi connectivity index (χ4v) is 15.6. The summed E-state index contributed by atoms with van der Waals surface area (Å²) in [7, 11) is 0. The molecule has 1 unspecified atom stereocenters. The van der Waals surface area contributed by atoms with Crippen LogP contribution in [0.25, 0.3) is 11.1 Å². The molecule has 2 nitrogen and oxygen atoms in total. The van der Waals surface area contributed by atoms with E-state index in [4.69, 9.17) is 0 Å². The van der Waals surface area contributed by atoms with Crippen molar-refractivity contribution in [1.82, 2.24) is 0 Å². The first-order chi connectivity index (χ1) is 30.3. The molecule has 5 aliphatic rings. The minimum atomic E-state index is -0.0173. The van der Waals surface area contributed by atoms with E-state index in [1.54, 1.807) is 11.0 Å². The van der Waals surface area contributed by atoms with Crippen LogP contribution in [0.2, 0.25) is 0 Å². The van der Waals surface area contributed by atoms with Gasteiger partial charge < -0.3 is 9.80 Å². The van der Waals surface area contributed by atoms with Crippen LogP contribution in [-0.2, 0) is 21.7 Å². The molecule has 10 rings (SSSR count). The molecule has 2 atom stereocenters. The van der Waals surface area contributed by atoms with Crippen molar-refractivity contribution in [1.29, 1.82) is 0 Å². The van der Waals surface area contributed by atoms with Gasteiger partial charge in [-0.05, 0) is 158 Å². The summed E-state index contributed by atoms with van der Waals surface area (Å²) in [5.41, 5.74) is 21.3. The second-order valence-electron chi connectivity index (χ2n) is 25.6. The molecule has 1 saturated carbocycles. The molecule has 0 radical (unpaired) electrons. The normalized spacial score (nSPS) is 23.4. The first-order valence-electron chi connectivity index (χ1n) is 25.0. The van der Waals surface area contributed by atoms with E-state index in [2.05, 4.69) is 229 Å². The average molecular weight is 879 g/mol. The van der Waals surface area contributed by atoms with Gasteiger partial charge in [0.05, 0.1) is 10.7 Å². The second-order valence-corrected chi connectivity index (χ2v) is 26.7. The van der Waals surface area contributed by atoms with Crippen molar-refractivity contribution in [2.45, 2.75) is 170 Å². The van der Waals surface area contributed by atoms with Crippen LogP contribution in [0.1, 0.15) is 164 Å². The van der Waals surface area contributed by atoms with Crippen molar-refractivity contribution in [3.63, 3.8) is 0 Å². The van der Waals surface area contributed by atoms with Gasteiger partial charge in [-0.3, -0.25) is 0 Å². The third-order valence-corrected chi connectivity index (χ3v) is 19.4. The predicted octanol–water partition coefficient (Wildman–Crippen LogP) is 16.3. The largest absolute Gasteiger partial charge is 0.311 e. The van der Waals surface area contributed by atoms with Crippen LogP contribution < -0.4 is 20.7 Å². The highest BCUT2D eigenvalue weighted by Gasteiger charge is 2.67. The quantitative estimate of drug-likeness (QED) is 0.166. The molecule has 0 aromatic heterocycles. The van der Waals surface area contributed by atoms with E-state index in [0.29, 0.717) is 5.25 Å². The van der Waals surface area contributed by atoms with Crippen molar-refractivity contribution in [2.75, 3.05) is 9.80 Å². The summed E-state index contributed by atoms with van der Waals surface area (Å²) in [5.74, 6) is 0. The summed E-state index contributed by atoms with van der Waals surface area (Å²) in [5, 5.41) is 1.95. The molecule has 1 fully saturated rings. The molecule has 338 valence electrons. The van der Waals surface area contributed by atoms with Gasteiger partial charge in [0, 0.05) is 39.0 Å². The maximum absolute atomic E-state index is 2.77. The minimum absolute atomic E-state index is 0.00177. The van der Waals surface area contributed by atoms with Crippen LogP contribution in [0.4, 0.5) is 28.4 Å². The lowest BCUT2D eigenvalue weighted by Gasteiger charge is -2.60. The number of anilines is 5. The fraction of sp³-hybridized carbons (Fsp3) is 0.475. The van der Waals surface area contributed by atoms with Gasteiger partial charge in [0.2, 0.25) is 6.71 Å². The summed E-state index contributed by atoms with van der Waals surface area (Å²) in [6.07, 6.45) is 5.98. The predicted molar refractivity (Wildman–Crippen MR) is 286 cm³/mol. The highest BCUT2D eigenvalue weighted by molar-refractivity contribution is 8.04. The zero-order chi connectivity index (χ0) is 46.6. The van der Waals surface area contributed by atoms with Gasteiger partial charge in [-0.1, -0.05) is 164 Å². The molecule has 0 spiro atoms. The van der Waals surface area contributed by atoms with Gasteiger partial charge in [-0.2, -0.15) is 0 Å². The Kier molecular flexibility index (Phi) is 9.92. The summed E-state index contributed by atoms with van der Waals surface area (Å²) in [4.78, 5) is 5.50. The molecule has 0 amide bonds. The van der Waals surface area contributed by atoms with Gasteiger partial charge >= 0.3 is 0 Å². The highest BCUT2D eigenvalue weighted by atomic mass is 32.2. The first kappa shape index (κ1) is 44.7. The van der Waals surface area contributed by atoms with Gasteiger partial charge in [0.25, 0.3) is 0 Å². The van der Waals surface area contributed by atoms with Gasteiger partial charge in [0.1, 0.15) is 0 Å². The Balaban J connectivity index is 1.37. The first-order valence-corrected chi connectivity index (χ1v) is 25.9. The number of rotatable bonds is 4. The topological polar surface area (TPSA) is 6.48 Å². The molecule has 5 aromatic carbocycles. The second kappa shape index (κ2) is 14.4. The van der Waals surface area contributed by atoms with Crippen molar-refractivity contribution in [3.05, 3.63) is 135 Å². The van der Waals surface area contributed by atoms with E-state index in [0.717, 1.165) is 6.42 Å². The Labute approximate surface area is 398 Å². The minimum Gasteiger partial charge on any atom is -0.311 e. The average Bonchev–Trinajstić information content (AvgIpc) is 3.61. The zero-order valence-electron chi connectivity index (χ0n) is 42.7. The van der Waals surface area contributed by atoms with Crippen molar-refractivity contribution < 1.29 is 0 Å². The molecule has 2 aliphatic carbocycles. The lowest BCUT2D eigenvalue weighted by Crippen LogP contribution is -2.63. The SMILES string of the molecule is CC[C@]12C3=C(SC1C(C)(C)CCC2(C)C)N(c1ccc(C(C)(C)C)cc1)c1cc(C)cc2c1B3c1cc3c(cc1N2c1ccc(C(C)(C)C)cc1-c1ccccc1)C(C)(C)CCC3(C)C. The Morgan fingerprint density at radius 3 is 1.80 bits per heavy atom. The van der Waals surface area contributed by atoms with E-state index < -0.39 is 0 Å². The van der Waals surface area contributed by atoms with E-state index in [9.17, 15) is 0 Å². The van der Waals surface area contributed by atoms with Gasteiger partial charge in [0.15, 0.2) is 0 Å². The molecule has 3 heterocycles.